The molecule has 3 rings (SSSR count). The number of hydrazone groups is 1. The fourth-order valence-electron chi connectivity index (χ4n) is 3.19. The molecule has 0 unspecified atom stereocenters. The van der Waals surface area contributed by atoms with Crippen molar-refractivity contribution in [2.24, 2.45) is 5.10 Å². The average molecular weight is 426 g/mol. The molecule has 0 fully saturated rings. The van der Waals surface area contributed by atoms with Crippen molar-refractivity contribution >= 4 is 38.6 Å². The first-order valence-electron chi connectivity index (χ1n) is 9.39. The Hall–Kier alpha value is -3.39. The third-order valence-corrected chi connectivity index (χ3v) is 5.79. The monoisotopic (exact) mass is 425 g/mol. The number of aromatic hydroxyl groups is 1. The summed E-state index contributed by atoms with van der Waals surface area (Å²) in [7, 11) is -3.68. The molecule has 0 saturated heterocycles. The van der Waals surface area contributed by atoms with E-state index in [-0.39, 0.29) is 5.75 Å². The highest BCUT2D eigenvalue weighted by molar-refractivity contribution is 7.92. The fraction of sp³-hybridized carbons (Fsp3) is 0.182. The number of anilines is 1. The van der Waals surface area contributed by atoms with Gasteiger partial charge in [0.2, 0.25) is 10.0 Å². The molecule has 0 radical (unpaired) electrons. The molecule has 0 aromatic heterocycles. The predicted molar refractivity (Wildman–Crippen MR) is 119 cm³/mol. The standard InChI is InChI=1S/C22H23N3O4S/c1-3-16-8-5-7-11-20(16)25(30(2,28)29)15-22(27)24-23-14-19-18-10-6-4-9-17(18)12-13-21(19)26/h4-14,26H,3,15H2,1-2H3,(H,24,27)/b23-14-. The number of hydrogen-bond donors (Lipinski definition) is 2. The SMILES string of the molecule is CCc1ccccc1N(CC(=O)N/N=C\c1c(O)ccc2ccccc12)S(C)(=O)=O. The number of sulfonamides is 1. The number of fused-ring (bicyclic) bond motifs is 1. The first-order valence-corrected chi connectivity index (χ1v) is 11.2. The van der Waals surface area contributed by atoms with Gasteiger partial charge in [0.1, 0.15) is 12.3 Å². The lowest BCUT2D eigenvalue weighted by Gasteiger charge is -2.23. The molecular weight excluding hydrogens is 402 g/mol. The van der Waals surface area contributed by atoms with Crippen molar-refractivity contribution in [1.29, 1.82) is 0 Å². The highest BCUT2D eigenvalue weighted by atomic mass is 32.2. The minimum Gasteiger partial charge on any atom is -0.507 e. The van der Waals surface area contributed by atoms with Gasteiger partial charge in [-0.3, -0.25) is 9.10 Å². The lowest BCUT2D eigenvalue weighted by molar-refractivity contribution is -0.119. The van der Waals surface area contributed by atoms with E-state index in [0.29, 0.717) is 17.7 Å². The molecule has 0 atom stereocenters. The van der Waals surface area contributed by atoms with Crippen LogP contribution in [-0.4, -0.2) is 38.4 Å². The zero-order valence-corrected chi connectivity index (χ0v) is 17.6. The predicted octanol–water partition coefficient (Wildman–Crippen LogP) is 3.02. The summed E-state index contributed by atoms with van der Waals surface area (Å²) in [5.41, 5.74) is 4.09. The minimum atomic E-state index is -3.68. The number of amides is 1. The van der Waals surface area contributed by atoms with Crippen LogP contribution in [0.2, 0.25) is 0 Å². The third-order valence-electron chi connectivity index (χ3n) is 4.66. The average Bonchev–Trinajstić information content (AvgIpc) is 2.73. The molecule has 8 heteroatoms. The highest BCUT2D eigenvalue weighted by Crippen LogP contribution is 2.25. The lowest BCUT2D eigenvalue weighted by atomic mass is 10.0. The number of carbonyl (C=O) groups excluding carboxylic acids is 1. The van der Waals surface area contributed by atoms with Crippen molar-refractivity contribution in [3.63, 3.8) is 0 Å². The van der Waals surface area contributed by atoms with Gasteiger partial charge in [0.25, 0.3) is 5.91 Å². The van der Waals surface area contributed by atoms with Crippen molar-refractivity contribution in [3.05, 3.63) is 71.8 Å². The maximum Gasteiger partial charge on any atom is 0.260 e. The molecule has 0 spiro atoms. The lowest BCUT2D eigenvalue weighted by Crippen LogP contribution is -2.39. The molecule has 7 nitrogen and oxygen atoms in total. The van der Waals surface area contributed by atoms with Crippen LogP contribution in [0.25, 0.3) is 10.8 Å². The summed E-state index contributed by atoms with van der Waals surface area (Å²) in [6, 6.07) is 17.9. The molecule has 0 aliphatic rings. The highest BCUT2D eigenvalue weighted by Gasteiger charge is 2.22. The van der Waals surface area contributed by atoms with Crippen molar-refractivity contribution in [3.8, 4) is 5.75 Å². The van der Waals surface area contributed by atoms with E-state index >= 15 is 0 Å². The zero-order chi connectivity index (χ0) is 21.7. The molecule has 0 saturated carbocycles. The van der Waals surface area contributed by atoms with Crippen LogP contribution in [0.5, 0.6) is 5.75 Å². The van der Waals surface area contributed by atoms with Crippen LogP contribution in [0.15, 0.2) is 65.8 Å². The maximum atomic E-state index is 12.4. The number of phenolic OH excluding ortho intramolecular Hbond substituents is 1. The topological polar surface area (TPSA) is 99.1 Å². The Kier molecular flexibility index (Phi) is 6.37. The van der Waals surface area contributed by atoms with Gasteiger partial charge in [-0.2, -0.15) is 5.10 Å². The normalized spacial score (nSPS) is 11.7. The number of para-hydroxylation sites is 1. The Bertz CT molecular complexity index is 1210. The second-order valence-electron chi connectivity index (χ2n) is 6.76. The number of benzene rings is 3. The number of hydrogen-bond acceptors (Lipinski definition) is 5. The van der Waals surface area contributed by atoms with E-state index in [1.165, 1.54) is 6.21 Å². The number of phenols is 1. The molecule has 30 heavy (non-hydrogen) atoms. The minimum absolute atomic E-state index is 0.0290. The smallest absolute Gasteiger partial charge is 0.260 e. The Morgan fingerprint density at radius 2 is 1.80 bits per heavy atom. The molecule has 156 valence electrons. The van der Waals surface area contributed by atoms with Gasteiger partial charge in [0.05, 0.1) is 18.2 Å². The Labute approximate surface area is 175 Å². The molecule has 1 amide bonds. The number of aryl methyl sites for hydroxylation is 1. The van der Waals surface area contributed by atoms with E-state index in [2.05, 4.69) is 10.5 Å². The second kappa shape index (κ2) is 8.96. The van der Waals surface area contributed by atoms with Gasteiger partial charge in [-0.1, -0.05) is 55.5 Å². The van der Waals surface area contributed by atoms with E-state index in [4.69, 9.17) is 0 Å². The summed E-state index contributed by atoms with van der Waals surface area (Å²) in [5, 5.41) is 15.8. The summed E-state index contributed by atoms with van der Waals surface area (Å²) < 4.78 is 25.7. The summed E-state index contributed by atoms with van der Waals surface area (Å²) >= 11 is 0. The number of rotatable bonds is 7. The van der Waals surface area contributed by atoms with Crippen molar-refractivity contribution in [1.82, 2.24) is 5.43 Å². The van der Waals surface area contributed by atoms with Gasteiger partial charge in [-0.05, 0) is 34.9 Å². The summed E-state index contributed by atoms with van der Waals surface area (Å²) in [6.07, 6.45) is 3.03. The molecular formula is C22H23N3O4S. The summed E-state index contributed by atoms with van der Waals surface area (Å²) in [4.78, 5) is 12.4. The fourth-order valence-corrected chi connectivity index (χ4v) is 4.08. The van der Waals surface area contributed by atoms with Crippen LogP contribution in [-0.2, 0) is 21.2 Å². The molecule has 0 heterocycles. The van der Waals surface area contributed by atoms with Gasteiger partial charge in [-0.25, -0.2) is 13.8 Å². The molecule has 3 aromatic rings. The van der Waals surface area contributed by atoms with Crippen molar-refractivity contribution in [2.75, 3.05) is 17.1 Å². The van der Waals surface area contributed by atoms with E-state index in [9.17, 15) is 18.3 Å². The van der Waals surface area contributed by atoms with E-state index in [0.717, 1.165) is 26.9 Å². The van der Waals surface area contributed by atoms with Crippen molar-refractivity contribution in [2.45, 2.75) is 13.3 Å². The van der Waals surface area contributed by atoms with Crippen LogP contribution >= 0.6 is 0 Å². The van der Waals surface area contributed by atoms with Gasteiger partial charge >= 0.3 is 0 Å². The Morgan fingerprint density at radius 1 is 1.10 bits per heavy atom. The third kappa shape index (κ3) is 4.77. The Morgan fingerprint density at radius 3 is 2.53 bits per heavy atom. The van der Waals surface area contributed by atoms with E-state index in [1.807, 2.05) is 43.3 Å². The zero-order valence-electron chi connectivity index (χ0n) is 16.7. The van der Waals surface area contributed by atoms with Crippen LogP contribution < -0.4 is 9.73 Å². The summed E-state index contributed by atoms with van der Waals surface area (Å²) in [6.45, 7) is 1.51. The maximum absolute atomic E-state index is 12.4. The molecule has 0 aliphatic heterocycles. The largest absolute Gasteiger partial charge is 0.507 e. The first kappa shape index (κ1) is 21.3. The molecule has 0 bridgehead atoms. The molecule has 0 aliphatic carbocycles. The first-order chi connectivity index (χ1) is 14.3. The number of nitrogens with one attached hydrogen (secondary N) is 1. The second-order valence-corrected chi connectivity index (χ2v) is 8.67. The Balaban J connectivity index is 1.80. The number of carbonyl (C=O) groups is 1. The van der Waals surface area contributed by atoms with Gasteiger partial charge in [0.15, 0.2) is 0 Å². The number of nitrogens with zero attached hydrogens (tertiary/aromatic N) is 2. The summed E-state index contributed by atoms with van der Waals surface area (Å²) in [5.74, 6) is -0.566. The van der Waals surface area contributed by atoms with Gasteiger partial charge in [0, 0.05) is 5.56 Å². The van der Waals surface area contributed by atoms with Crippen molar-refractivity contribution < 1.29 is 18.3 Å². The van der Waals surface area contributed by atoms with Gasteiger partial charge < -0.3 is 5.11 Å². The van der Waals surface area contributed by atoms with E-state index < -0.39 is 22.5 Å². The van der Waals surface area contributed by atoms with Crippen LogP contribution in [0.4, 0.5) is 5.69 Å². The van der Waals surface area contributed by atoms with E-state index in [1.54, 1.807) is 24.3 Å². The van der Waals surface area contributed by atoms with Crippen LogP contribution in [0.1, 0.15) is 18.1 Å². The molecule has 3 aromatic carbocycles. The molecule has 2 N–H and O–H groups in total. The van der Waals surface area contributed by atoms with Crippen LogP contribution in [0, 0.1) is 0 Å². The van der Waals surface area contributed by atoms with Gasteiger partial charge in [-0.15, -0.1) is 0 Å². The quantitative estimate of drug-likeness (QED) is 0.449. The van der Waals surface area contributed by atoms with Crippen LogP contribution in [0.3, 0.4) is 0 Å².